The van der Waals surface area contributed by atoms with E-state index in [0.717, 1.165) is 22.8 Å². The van der Waals surface area contributed by atoms with Crippen molar-refractivity contribution >= 4 is 17.4 Å². The molecule has 1 aliphatic rings. The Bertz CT molecular complexity index is 988. The number of pyridine rings is 1. The average Bonchev–Trinajstić information content (AvgIpc) is 3.22. The minimum Gasteiger partial charge on any atom is -0.494 e. The molecule has 0 aliphatic carbocycles. The van der Waals surface area contributed by atoms with E-state index in [0.29, 0.717) is 30.2 Å². The Morgan fingerprint density at radius 2 is 1.90 bits per heavy atom. The van der Waals surface area contributed by atoms with Gasteiger partial charge in [-0.25, -0.2) is 4.98 Å². The fourth-order valence-corrected chi connectivity index (χ4v) is 2.88. The average molecular weight is 391 g/mol. The van der Waals surface area contributed by atoms with E-state index in [2.05, 4.69) is 15.6 Å². The molecule has 4 rings (SSSR count). The summed E-state index contributed by atoms with van der Waals surface area (Å²) in [6.45, 7) is 3.37. The number of amides is 1. The molecule has 0 radical (unpaired) electrons. The van der Waals surface area contributed by atoms with Crippen molar-refractivity contribution < 1.29 is 19.0 Å². The molecule has 2 aromatic carbocycles. The second kappa shape index (κ2) is 8.52. The number of carbonyl (C=O) groups is 1. The number of anilines is 2. The largest absolute Gasteiger partial charge is 0.494 e. The predicted octanol–water partition coefficient (Wildman–Crippen LogP) is 4.07. The van der Waals surface area contributed by atoms with Gasteiger partial charge in [0.05, 0.1) is 12.2 Å². The summed E-state index contributed by atoms with van der Waals surface area (Å²) >= 11 is 0. The molecule has 0 fully saturated rings. The van der Waals surface area contributed by atoms with Gasteiger partial charge < -0.3 is 24.8 Å². The quantitative estimate of drug-likeness (QED) is 0.632. The van der Waals surface area contributed by atoms with Gasteiger partial charge in [-0.15, -0.1) is 0 Å². The molecule has 7 heteroatoms. The minimum absolute atomic E-state index is 0.219. The first kappa shape index (κ1) is 18.6. The van der Waals surface area contributed by atoms with Gasteiger partial charge >= 0.3 is 0 Å². The van der Waals surface area contributed by atoms with Crippen LogP contribution in [-0.4, -0.2) is 24.3 Å². The van der Waals surface area contributed by atoms with Crippen molar-refractivity contribution in [2.75, 3.05) is 24.0 Å². The van der Waals surface area contributed by atoms with Gasteiger partial charge in [-0.1, -0.05) is 6.07 Å². The molecule has 1 aromatic heterocycles. The van der Waals surface area contributed by atoms with Crippen LogP contribution >= 0.6 is 0 Å². The maximum atomic E-state index is 12.4. The number of rotatable bonds is 7. The Morgan fingerprint density at radius 3 is 2.66 bits per heavy atom. The molecular formula is C22H21N3O4. The lowest BCUT2D eigenvalue weighted by molar-refractivity contribution is 0.102. The van der Waals surface area contributed by atoms with E-state index < -0.39 is 0 Å². The van der Waals surface area contributed by atoms with Gasteiger partial charge in [0.1, 0.15) is 11.6 Å². The predicted molar refractivity (Wildman–Crippen MR) is 110 cm³/mol. The van der Waals surface area contributed by atoms with E-state index in [1.165, 1.54) is 0 Å². The zero-order valence-electron chi connectivity index (χ0n) is 16.0. The number of aromatic nitrogens is 1. The first-order chi connectivity index (χ1) is 14.2. The number of fused-ring (bicyclic) bond motifs is 1. The van der Waals surface area contributed by atoms with Crippen LogP contribution in [0.5, 0.6) is 17.2 Å². The number of benzene rings is 2. The zero-order chi connectivity index (χ0) is 20.1. The third-order valence-electron chi connectivity index (χ3n) is 4.36. The van der Waals surface area contributed by atoms with Gasteiger partial charge in [-0.05, 0) is 61.0 Å². The van der Waals surface area contributed by atoms with E-state index in [1.807, 2.05) is 37.3 Å². The molecule has 2 heterocycles. The molecule has 0 spiro atoms. The maximum Gasteiger partial charge on any atom is 0.257 e. The second-order valence-electron chi connectivity index (χ2n) is 6.38. The van der Waals surface area contributed by atoms with Crippen molar-refractivity contribution in [3.63, 3.8) is 0 Å². The Hall–Kier alpha value is -3.74. The van der Waals surface area contributed by atoms with Crippen molar-refractivity contribution in [1.29, 1.82) is 0 Å². The monoisotopic (exact) mass is 391 g/mol. The molecule has 3 aromatic rings. The number of carbonyl (C=O) groups excluding carboxylic acids is 1. The van der Waals surface area contributed by atoms with Gasteiger partial charge in [0.2, 0.25) is 6.79 Å². The smallest absolute Gasteiger partial charge is 0.257 e. The van der Waals surface area contributed by atoms with E-state index in [4.69, 9.17) is 14.2 Å². The lowest BCUT2D eigenvalue weighted by Gasteiger charge is -2.09. The van der Waals surface area contributed by atoms with Crippen LogP contribution < -0.4 is 24.8 Å². The van der Waals surface area contributed by atoms with Crippen LogP contribution in [0.4, 0.5) is 11.5 Å². The van der Waals surface area contributed by atoms with E-state index in [9.17, 15) is 4.79 Å². The van der Waals surface area contributed by atoms with Crippen molar-refractivity contribution in [3.8, 4) is 17.2 Å². The molecule has 29 heavy (non-hydrogen) atoms. The lowest BCUT2D eigenvalue weighted by Crippen LogP contribution is -2.12. The first-order valence-corrected chi connectivity index (χ1v) is 9.34. The summed E-state index contributed by atoms with van der Waals surface area (Å²) in [5.74, 6) is 2.74. The topological polar surface area (TPSA) is 81.7 Å². The highest BCUT2D eigenvalue weighted by Crippen LogP contribution is 2.32. The summed E-state index contributed by atoms with van der Waals surface area (Å²) in [5, 5.41) is 6.08. The van der Waals surface area contributed by atoms with Gasteiger partial charge in [0, 0.05) is 18.4 Å². The molecule has 1 amide bonds. The van der Waals surface area contributed by atoms with Gasteiger partial charge in [0.15, 0.2) is 11.5 Å². The van der Waals surface area contributed by atoms with Crippen LogP contribution in [0.1, 0.15) is 22.8 Å². The van der Waals surface area contributed by atoms with Crippen LogP contribution in [0.2, 0.25) is 0 Å². The third kappa shape index (κ3) is 4.57. The van der Waals surface area contributed by atoms with Crippen LogP contribution in [0.25, 0.3) is 0 Å². The highest BCUT2D eigenvalue weighted by molar-refractivity contribution is 6.04. The van der Waals surface area contributed by atoms with Crippen molar-refractivity contribution in [2.24, 2.45) is 0 Å². The molecule has 1 aliphatic heterocycles. The minimum atomic E-state index is -0.219. The summed E-state index contributed by atoms with van der Waals surface area (Å²) in [4.78, 5) is 16.7. The Labute approximate surface area is 168 Å². The molecule has 0 saturated heterocycles. The Balaban J connectivity index is 1.32. The maximum absolute atomic E-state index is 12.4. The molecule has 0 unspecified atom stereocenters. The summed E-state index contributed by atoms with van der Waals surface area (Å²) in [7, 11) is 0. The van der Waals surface area contributed by atoms with E-state index in [-0.39, 0.29) is 12.7 Å². The number of nitrogens with one attached hydrogen (secondary N) is 2. The third-order valence-corrected chi connectivity index (χ3v) is 4.36. The first-order valence-electron chi connectivity index (χ1n) is 9.34. The summed E-state index contributed by atoms with van der Waals surface area (Å²) in [6.07, 6.45) is 1.55. The van der Waals surface area contributed by atoms with Crippen molar-refractivity contribution in [2.45, 2.75) is 13.5 Å². The fourth-order valence-electron chi connectivity index (χ4n) is 2.88. The van der Waals surface area contributed by atoms with Crippen LogP contribution in [0.3, 0.4) is 0 Å². The summed E-state index contributed by atoms with van der Waals surface area (Å²) in [6, 6.07) is 16.6. The number of nitrogens with zero attached hydrogens (tertiary/aromatic N) is 1. The Morgan fingerprint density at radius 1 is 1.07 bits per heavy atom. The fraction of sp³-hybridized carbons (Fsp3) is 0.182. The zero-order valence-corrected chi connectivity index (χ0v) is 16.0. The molecule has 0 bridgehead atoms. The van der Waals surface area contributed by atoms with E-state index >= 15 is 0 Å². The van der Waals surface area contributed by atoms with Gasteiger partial charge in [-0.3, -0.25) is 4.79 Å². The number of hydrogen-bond donors (Lipinski definition) is 2. The standard InChI is InChI=1S/C22H21N3O4/c1-2-27-18-7-5-17(6-8-18)25-22(26)16-4-10-21(24-13-16)23-12-15-3-9-19-20(11-15)29-14-28-19/h3-11,13H,2,12,14H2,1H3,(H,23,24)(H,25,26). The molecule has 0 saturated carbocycles. The van der Waals surface area contributed by atoms with Gasteiger partial charge in [0.25, 0.3) is 5.91 Å². The molecule has 0 atom stereocenters. The van der Waals surface area contributed by atoms with Crippen molar-refractivity contribution in [1.82, 2.24) is 4.98 Å². The highest BCUT2D eigenvalue weighted by atomic mass is 16.7. The van der Waals surface area contributed by atoms with Crippen LogP contribution in [0.15, 0.2) is 60.8 Å². The molecule has 148 valence electrons. The second-order valence-corrected chi connectivity index (χ2v) is 6.38. The SMILES string of the molecule is CCOc1ccc(NC(=O)c2ccc(NCc3ccc4c(c3)OCO4)nc2)cc1. The summed E-state index contributed by atoms with van der Waals surface area (Å²) < 4.78 is 16.1. The molecule has 7 nitrogen and oxygen atoms in total. The highest BCUT2D eigenvalue weighted by Gasteiger charge is 2.13. The number of hydrogen-bond acceptors (Lipinski definition) is 6. The van der Waals surface area contributed by atoms with Crippen LogP contribution in [-0.2, 0) is 6.54 Å². The molecular weight excluding hydrogens is 370 g/mol. The normalized spacial score (nSPS) is 11.8. The Kier molecular flexibility index (Phi) is 5.47. The van der Waals surface area contributed by atoms with Crippen LogP contribution in [0, 0.1) is 0 Å². The van der Waals surface area contributed by atoms with Gasteiger partial charge in [-0.2, -0.15) is 0 Å². The lowest BCUT2D eigenvalue weighted by atomic mass is 10.2. The van der Waals surface area contributed by atoms with E-state index in [1.54, 1.807) is 30.5 Å². The number of ether oxygens (including phenoxy) is 3. The van der Waals surface area contributed by atoms with Crippen molar-refractivity contribution in [3.05, 3.63) is 71.9 Å². The summed E-state index contributed by atoms with van der Waals surface area (Å²) in [5.41, 5.74) is 2.23. The molecule has 2 N–H and O–H groups in total.